The molecule has 5 nitrogen and oxygen atoms in total. The highest BCUT2D eigenvalue weighted by molar-refractivity contribution is 5.39. The lowest BCUT2D eigenvalue weighted by molar-refractivity contribution is -1.02. The lowest BCUT2D eigenvalue weighted by atomic mass is 9.93. The van der Waals surface area contributed by atoms with E-state index in [0.29, 0.717) is 0 Å². The number of nitro groups is 1. The first kappa shape index (κ1) is 15.8. The Labute approximate surface area is 143 Å². The monoisotopic (exact) mass is 329 g/mol. The second kappa shape index (κ2) is 6.65. The average molecular weight is 329 g/mol. The molecule has 0 aromatic heterocycles. The van der Waals surface area contributed by atoms with Crippen molar-refractivity contribution in [3.8, 4) is 0 Å². The highest BCUT2D eigenvalue weighted by Crippen LogP contribution is 2.42. The summed E-state index contributed by atoms with van der Waals surface area (Å²) < 4.78 is 0. The Bertz CT molecular complexity index is 637. The zero-order valence-corrected chi connectivity index (χ0v) is 14.1. The largest absolute Gasteiger partial charge is 0.325 e. The number of allylic oxidation sites excluding steroid dienone is 2. The summed E-state index contributed by atoms with van der Waals surface area (Å²) in [5.74, 6) is 2.61. The highest BCUT2D eigenvalue weighted by atomic mass is 16.6. The molecule has 2 fully saturated rings. The number of benzene rings is 1. The van der Waals surface area contributed by atoms with Crippen molar-refractivity contribution in [2.24, 2.45) is 17.8 Å². The van der Waals surface area contributed by atoms with Gasteiger partial charge in [0.2, 0.25) is 0 Å². The molecule has 4 rings (SSSR count). The first-order valence-electron chi connectivity index (χ1n) is 9.27. The van der Waals surface area contributed by atoms with Crippen LogP contribution in [0.25, 0.3) is 0 Å². The summed E-state index contributed by atoms with van der Waals surface area (Å²) in [5.41, 5.74) is 1.15. The first-order valence-corrected chi connectivity index (χ1v) is 9.27. The van der Waals surface area contributed by atoms with E-state index < -0.39 is 0 Å². The Balaban J connectivity index is 1.29. The standard InChI is InChI=1S/C19H25N3O2/c23-22(24)19-4-2-1-3-17(19)13-20-7-9-21(10-8-20)14-18-12-15-5-6-16(18)11-15/h1-6,15-16,18H,7-14H2/p+2/t15-,16-,18-/m0/s1. The van der Waals surface area contributed by atoms with Gasteiger partial charge in [0.05, 0.1) is 17.0 Å². The Morgan fingerprint density at radius 3 is 2.46 bits per heavy atom. The van der Waals surface area contributed by atoms with Crippen LogP contribution in [0.5, 0.6) is 0 Å². The van der Waals surface area contributed by atoms with Crippen molar-refractivity contribution in [1.29, 1.82) is 0 Å². The molecule has 0 spiro atoms. The van der Waals surface area contributed by atoms with E-state index in [9.17, 15) is 10.1 Å². The summed E-state index contributed by atoms with van der Waals surface area (Å²) in [6, 6.07) is 7.19. The van der Waals surface area contributed by atoms with Gasteiger partial charge in [0.15, 0.2) is 0 Å². The lowest BCUT2D eigenvalue weighted by Crippen LogP contribution is -3.27. The molecule has 1 aromatic rings. The van der Waals surface area contributed by atoms with Crippen LogP contribution < -0.4 is 9.80 Å². The molecule has 5 heteroatoms. The molecule has 1 aliphatic heterocycles. The fourth-order valence-corrected chi connectivity index (χ4v) is 4.95. The van der Waals surface area contributed by atoms with E-state index in [-0.39, 0.29) is 10.6 Å². The summed E-state index contributed by atoms with van der Waals surface area (Å²) in [4.78, 5) is 14.1. The molecule has 0 unspecified atom stereocenters. The number of nitrogens with one attached hydrogen (secondary N) is 2. The Morgan fingerprint density at radius 1 is 1.04 bits per heavy atom. The van der Waals surface area contributed by atoms with Crippen LogP contribution in [0.2, 0.25) is 0 Å². The van der Waals surface area contributed by atoms with E-state index in [2.05, 4.69) is 12.2 Å². The summed E-state index contributed by atoms with van der Waals surface area (Å²) in [6.07, 6.45) is 7.67. The van der Waals surface area contributed by atoms with E-state index in [1.54, 1.807) is 17.0 Å². The third-order valence-electron chi connectivity index (χ3n) is 6.26. The number of fused-ring (bicyclic) bond motifs is 2. The Kier molecular flexibility index (Phi) is 4.37. The van der Waals surface area contributed by atoms with Gasteiger partial charge >= 0.3 is 0 Å². The zero-order chi connectivity index (χ0) is 16.5. The van der Waals surface area contributed by atoms with Gasteiger partial charge in [-0.3, -0.25) is 10.1 Å². The van der Waals surface area contributed by atoms with Gasteiger partial charge in [-0.05, 0) is 30.7 Å². The van der Waals surface area contributed by atoms with Crippen molar-refractivity contribution < 1.29 is 14.7 Å². The molecule has 24 heavy (non-hydrogen) atoms. The van der Waals surface area contributed by atoms with Gasteiger partial charge in [-0.15, -0.1) is 0 Å². The van der Waals surface area contributed by atoms with Gasteiger partial charge in [-0.1, -0.05) is 24.3 Å². The van der Waals surface area contributed by atoms with Crippen molar-refractivity contribution in [3.63, 3.8) is 0 Å². The maximum absolute atomic E-state index is 11.2. The number of nitro benzene ring substituents is 1. The normalized spacial score (nSPS) is 34.6. The van der Waals surface area contributed by atoms with Gasteiger partial charge in [0, 0.05) is 12.0 Å². The minimum atomic E-state index is -0.251. The van der Waals surface area contributed by atoms with Crippen molar-refractivity contribution in [3.05, 3.63) is 52.1 Å². The number of piperazine rings is 1. The number of quaternary nitrogens is 2. The summed E-state index contributed by atoms with van der Waals surface area (Å²) in [6.45, 7) is 6.75. The molecule has 2 aliphatic carbocycles. The Morgan fingerprint density at radius 2 is 1.79 bits per heavy atom. The molecule has 2 bridgehead atoms. The molecule has 3 aliphatic rings. The predicted octanol–water partition coefficient (Wildman–Crippen LogP) is 0.0904. The minimum Gasteiger partial charge on any atom is -0.325 e. The van der Waals surface area contributed by atoms with E-state index in [1.807, 2.05) is 12.1 Å². The first-order chi connectivity index (χ1) is 11.7. The molecule has 0 amide bonds. The molecule has 128 valence electrons. The molecule has 1 aromatic carbocycles. The zero-order valence-electron chi connectivity index (χ0n) is 14.1. The number of para-hydroxylation sites is 1. The summed E-state index contributed by atoms with van der Waals surface area (Å²) >= 11 is 0. The topological polar surface area (TPSA) is 52.0 Å². The molecule has 1 heterocycles. The number of hydrogen-bond donors (Lipinski definition) is 2. The average Bonchev–Trinajstić information content (AvgIpc) is 3.20. The van der Waals surface area contributed by atoms with Gasteiger partial charge in [0.25, 0.3) is 5.69 Å². The maximum Gasteiger partial charge on any atom is 0.278 e. The third-order valence-corrected chi connectivity index (χ3v) is 6.26. The quantitative estimate of drug-likeness (QED) is 0.457. The maximum atomic E-state index is 11.2. The van der Waals surface area contributed by atoms with Crippen molar-refractivity contribution in [2.45, 2.75) is 19.4 Å². The fraction of sp³-hybridized carbons (Fsp3) is 0.579. The van der Waals surface area contributed by atoms with E-state index in [4.69, 9.17) is 0 Å². The molecular weight excluding hydrogens is 302 g/mol. The molecule has 3 atom stereocenters. The van der Waals surface area contributed by atoms with Crippen LogP contribution in [0, 0.1) is 27.9 Å². The van der Waals surface area contributed by atoms with Crippen molar-refractivity contribution >= 4 is 5.69 Å². The summed E-state index contributed by atoms with van der Waals surface area (Å²) in [5, 5.41) is 11.2. The lowest BCUT2D eigenvalue weighted by Gasteiger charge is -2.32. The van der Waals surface area contributed by atoms with E-state index in [1.165, 1.54) is 37.4 Å². The fourth-order valence-electron chi connectivity index (χ4n) is 4.95. The number of rotatable bonds is 5. The van der Waals surface area contributed by atoms with Gasteiger partial charge in [0.1, 0.15) is 32.7 Å². The summed E-state index contributed by atoms with van der Waals surface area (Å²) in [7, 11) is 0. The van der Waals surface area contributed by atoms with Crippen LogP contribution in [0.3, 0.4) is 0 Å². The third kappa shape index (κ3) is 3.23. The van der Waals surface area contributed by atoms with Crippen LogP contribution in [0.1, 0.15) is 18.4 Å². The van der Waals surface area contributed by atoms with Crippen LogP contribution in [-0.2, 0) is 6.54 Å². The Hall–Kier alpha value is -1.72. The molecule has 1 saturated carbocycles. The minimum absolute atomic E-state index is 0.251. The van der Waals surface area contributed by atoms with Crippen LogP contribution in [-0.4, -0.2) is 37.6 Å². The van der Waals surface area contributed by atoms with Crippen molar-refractivity contribution in [1.82, 2.24) is 0 Å². The number of nitrogens with zero attached hydrogens (tertiary/aromatic N) is 1. The van der Waals surface area contributed by atoms with Gasteiger partial charge < -0.3 is 9.80 Å². The molecule has 0 radical (unpaired) electrons. The van der Waals surface area contributed by atoms with Crippen LogP contribution in [0.4, 0.5) is 5.69 Å². The van der Waals surface area contributed by atoms with Gasteiger partial charge in [-0.25, -0.2) is 0 Å². The van der Waals surface area contributed by atoms with Gasteiger partial charge in [-0.2, -0.15) is 0 Å². The molecule has 2 N–H and O–H groups in total. The second-order valence-electron chi connectivity index (χ2n) is 7.81. The SMILES string of the molecule is O=[N+]([O-])c1ccccc1C[NH+]1CC[NH+](C[C@@H]2C[C@H]3C=C[C@H]2C3)CC1. The second-order valence-corrected chi connectivity index (χ2v) is 7.81. The predicted molar refractivity (Wildman–Crippen MR) is 91.9 cm³/mol. The van der Waals surface area contributed by atoms with E-state index >= 15 is 0 Å². The van der Waals surface area contributed by atoms with Crippen LogP contribution >= 0.6 is 0 Å². The highest BCUT2D eigenvalue weighted by Gasteiger charge is 2.38. The smallest absolute Gasteiger partial charge is 0.278 e. The number of hydrogen-bond acceptors (Lipinski definition) is 2. The van der Waals surface area contributed by atoms with Crippen LogP contribution in [0.15, 0.2) is 36.4 Å². The van der Waals surface area contributed by atoms with E-state index in [0.717, 1.165) is 43.0 Å². The molecular formula is C19H27N3O2+2. The van der Waals surface area contributed by atoms with Crippen molar-refractivity contribution in [2.75, 3.05) is 32.7 Å². The molecule has 1 saturated heterocycles.